The fourth-order valence-corrected chi connectivity index (χ4v) is 5.07. The molecule has 10 nitrogen and oxygen atoms in total. The zero-order valence-electron chi connectivity index (χ0n) is 18.6. The first-order valence-electron chi connectivity index (χ1n) is 10.5. The summed E-state index contributed by atoms with van der Waals surface area (Å²) in [7, 11) is -3.92. The first-order valence-corrected chi connectivity index (χ1v) is 12.4. The molecule has 5 rings (SSSR count). The topological polar surface area (TPSA) is 123 Å². The van der Waals surface area contributed by atoms with Gasteiger partial charge in [0.2, 0.25) is 21.7 Å². The second kappa shape index (κ2) is 8.20. The first-order chi connectivity index (χ1) is 16.5. The second-order valence-corrected chi connectivity index (χ2v) is 10.3. The lowest BCUT2D eigenvalue weighted by molar-refractivity contribution is 0.0166. The van der Waals surface area contributed by atoms with Gasteiger partial charge in [0.05, 0.1) is 19.0 Å². The van der Waals surface area contributed by atoms with Crippen LogP contribution < -0.4 is 5.32 Å². The number of anilines is 1. The van der Waals surface area contributed by atoms with E-state index in [0.717, 1.165) is 11.8 Å². The molecule has 1 N–H and O–H groups in total. The highest BCUT2D eigenvalue weighted by molar-refractivity contribution is 7.88. The van der Waals surface area contributed by atoms with Crippen LogP contribution in [-0.4, -0.2) is 56.9 Å². The van der Waals surface area contributed by atoms with E-state index in [4.69, 9.17) is 4.52 Å². The van der Waals surface area contributed by atoms with Crippen LogP contribution in [0.1, 0.15) is 34.4 Å². The highest BCUT2D eigenvalue weighted by Crippen LogP contribution is 2.42. The molecule has 3 aromatic heterocycles. The summed E-state index contributed by atoms with van der Waals surface area (Å²) < 4.78 is 59.5. The number of benzene rings is 1. The molecule has 0 saturated carbocycles. The van der Waals surface area contributed by atoms with Gasteiger partial charge in [-0.15, -0.1) is 0 Å². The van der Waals surface area contributed by atoms with Gasteiger partial charge in [-0.05, 0) is 30.7 Å². The van der Waals surface area contributed by atoms with E-state index in [0.29, 0.717) is 26.9 Å². The summed E-state index contributed by atoms with van der Waals surface area (Å²) in [4.78, 5) is 21.3. The minimum Gasteiger partial charge on any atom is -0.337 e. The van der Waals surface area contributed by atoms with Gasteiger partial charge >= 0.3 is 0 Å². The highest BCUT2D eigenvalue weighted by atomic mass is 32.2. The lowest BCUT2D eigenvalue weighted by atomic mass is 10.1. The van der Waals surface area contributed by atoms with Gasteiger partial charge in [-0.3, -0.25) is 9.20 Å². The zero-order chi connectivity index (χ0) is 25.0. The number of nitrogens with zero attached hydrogens (tertiary/aromatic N) is 5. The number of carbonyl (C=O) groups is 1. The molecule has 1 unspecified atom stereocenters. The zero-order valence-corrected chi connectivity index (χ0v) is 19.5. The van der Waals surface area contributed by atoms with Crippen LogP contribution in [0.5, 0.6) is 0 Å². The number of amides is 1. The van der Waals surface area contributed by atoms with Crippen LogP contribution >= 0.6 is 0 Å². The second-order valence-electron chi connectivity index (χ2n) is 8.40. The molecule has 0 spiro atoms. The molecular weight excluding hydrogens is 482 g/mol. The van der Waals surface area contributed by atoms with Gasteiger partial charge in [-0.1, -0.05) is 23.4 Å². The van der Waals surface area contributed by atoms with Gasteiger partial charge in [0.15, 0.2) is 0 Å². The SMILES string of the molecule is Cc1ccc(-c2noc(C3CC(F)(F)CN3S(C)(=O)=O)n2)cc1NC(=O)c1cnc2ccccn12. The van der Waals surface area contributed by atoms with Gasteiger partial charge in [-0.2, -0.15) is 9.29 Å². The minimum atomic E-state index is -3.92. The van der Waals surface area contributed by atoms with E-state index in [-0.39, 0.29) is 17.6 Å². The van der Waals surface area contributed by atoms with Crippen LogP contribution in [0.25, 0.3) is 17.0 Å². The fourth-order valence-electron chi connectivity index (χ4n) is 4.02. The van der Waals surface area contributed by atoms with Crippen LogP contribution in [0.4, 0.5) is 14.5 Å². The van der Waals surface area contributed by atoms with E-state index in [9.17, 15) is 22.0 Å². The molecule has 182 valence electrons. The van der Waals surface area contributed by atoms with Crippen molar-refractivity contribution in [1.29, 1.82) is 0 Å². The Morgan fingerprint density at radius 1 is 1.26 bits per heavy atom. The van der Waals surface area contributed by atoms with Gasteiger partial charge < -0.3 is 9.84 Å². The van der Waals surface area contributed by atoms with Crippen molar-refractivity contribution in [3.8, 4) is 11.4 Å². The van der Waals surface area contributed by atoms with E-state index < -0.39 is 35.0 Å². The van der Waals surface area contributed by atoms with Gasteiger partial charge in [-0.25, -0.2) is 22.2 Å². The number of sulfonamides is 1. The Morgan fingerprint density at radius 2 is 2.06 bits per heavy atom. The number of hydrogen-bond donors (Lipinski definition) is 1. The maximum absolute atomic E-state index is 14.0. The summed E-state index contributed by atoms with van der Waals surface area (Å²) in [5.74, 6) is -3.73. The first kappa shape index (κ1) is 23.1. The van der Waals surface area contributed by atoms with Gasteiger partial charge in [0.1, 0.15) is 17.4 Å². The molecule has 1 aliphatic rings. The minimum absolute atomic E-state index is 0.0777. The summed E-state index contributed by atoms with van der Waals surface area (Å²) in [5.41, 5.74) is 2.67. The monoisotopic (exact) mass is 502 g/mol. The van der Waals surface area contributed by atoms with Crippen molar-refractivity contribution in [3.05, 3.63) is 65.9 Å². The van der Waals surface area contributed by atoms with Gasteiger partial charge in [0, 0.05) is 23.9 Å². The standard InChI is InChI=1S/C22H20F2N6O4S/c1-13-6-7-14(9-15(13)26-20(31)17-11-25-18-5-3-4-8-29(17)18)19-27-21(34-28-19)16-10-22(23,24)12-30(16)35(2,32)33/h3-9,11,16H,10,12H2,1-2H3,(H,26,31). The number of aryl methyl sites for hydroxylation is 1. The smallest absolute Gasteiger partial charge is 0.274 e. The molecule has 0 bridgehead atoms. The third-order valence-electron chi connectivity index (χ3n) is 5.77. The van der Waals surface area contributed by atoms with Crippen molar-refractivity contribution >= 4 is 27.3 Å². The molecule has 4 heterocycles. The molecule has 1 aromatic carbocycles. The molecule has 0 aliphatic carbocycles. The number of hydrogen-bond acceptors (Lipinski definition) is 7. The Labute approximate surface area is 198 Å². The van der Waals surface area contributed by atoms with E-state index in [2.05, 4.69) is 20.4 Å². The lowest BCUT2D eigenvalue weighted by Crippen LogP contribution is -2.32. The Morgan fingerprint density at radius 3 is 2.83 bits per heavy atom. The van der Waals surface area contributed by atoms with Crippen molar-refractivity contribution in [1.82, 2.24) is 23.8 Å². The Kier molecular flexibility index (Phi) is 5.40. The number of nitrogens with one attached hydrogen (secondary N) is 1. The third kappa shape index (κ3) is 4.39. The number of pyridine rings is 1. The Balaban J connectivity index is 1.42. The molecule has 1 saturated heterocycles. The van der Waals surface area contributed by atoms with Crippen LogP contribution in [0.15, 0.2) is 53.3 Å². The number of halogens is 2. The third-order valence-corrected chi connectivity index (χ3v) is 7.01. The molecule has 1 aliphatic heterocycles. The summed E-state index contributed by atoms with van der Waals surface area (Å²) in [6.45, 7) is 0.859. The van der Waals surface area contributed by atoms with E-state index in [1.54, 1.807) is 47.9 Å². The average molecular weight is 503 g/mol. The van der Waals surface area contributed by atoms with Crippen molar-refractivity contribution < 1.29 is 26.5 Å². The van der Waals surface area contributed by atoms with Crippen LogP contribution in [0, 0.1) is 6.92 Å². The van der Waals surface area contributed by atoms with Crippen LogP contribution in [-0.2, 0) is 10.0 Å². The number of rotatable bonds is 5. The quantitative estimate of drug-likeness (QED) is 0.444. The number of fused-ring (bicyclic) bond motifs is 1. The van der Waals surface area contributed by atoms with Crippen molar-refractivity contribution in [2.24, 2.45) is 0 Å². The van der Waals surface area contributed by atoms with Crippen molar-refractivity contribution in [3.63, 3.8) is 0 Å². The highest BCUT2D eigenvalue weighted by Gasteiger charge is 2.51. The predicted molar refractivity (Wildman–Crippen MR) is 121 cm³/mol. The predicted octanol–water partition coefficient (Wildman–Crippen LogP) is 3.29. The number of imidazole rings is 1. The Bertz CT molecular complexity index is 1550. The van der Waals surface area contributed by atoms with E-state index in [1.807, 2.05) is 6.07 Å². The normalized spacial score (nSPS) is 18.2. The van der Waals surface area contributed by atoms with Crippen molar-refractivity contribution in [2.75, 3.05) is 18.1 Å². The summed E-state index contributed by atoms with van der Waals surface area (Å²) in [5, 5.41) is 6.70. The van der Waals surface area contributed by atoms with Crippen molar-refractivity contribution in [2.45, 2.75) is 25.3 Å². The maximum atomic E-state index is 14.0. The van der Waals surface area contributed by atoms with Crippen LogP contribution in [0.2, 0.25) is 0 Å². The molecular formula is C22H20F2N6O4S. The average Bonchev–Trinajstić information content (AvgIpc) is 3.51. The number of aromatic nitrogens is 4. The maximum Gasteiger partial charge on any atom is 0.274 e. The molecule has 1 fully saturated rings. The van der Waals surface area contributed by atoms with Crippen LogP contribution in [0.3, 0.4) is 0 Å². The largest absolute Gasteiger partial charge is 0.337 e. The number of carbonyl (C=O) groups excluding carboxylic acids is 1. The molecule has 35 heavy (non-hydrogen) atoms. The van der Waals surface area contributed by atoms with E-state index in [1.165, 1.54) is 6.20 Å². The Hall–Kier alpha value is -3.71. The lowest BCUT2D eigenvalue weighted by Gasteiger charge is -2.17. The summed E-state index contributed by atoms with van der Waals surface area (Å²) >= 11 is 0. The molecule has 4 aromatic rings. The molecule has 1 amide bonds. The molecule has 0 radical (unpaired) electrons. The summed E-state index contributed by atoms with van der Waals surface area (Å²) in [6, 6.07) is 9.17. The fraction of sp³-hybridized carbons (Fsp3) is 0.273. The molecule has 13 heteroatoms. The van der Waals surface area contributed by atoms with E-state index >= 15 is 0 Å². The molecule has 1 atom stereocenters. The number of alkyl halides is 2. The summed E-state index contributed by atoms with van der Waals surface area (Å²) in [6.07, 6.45) is 3.31. The van der Waals surface area contributed by atoms with Gasteiger partial charge in [0.25, 0.3) is 11.8 Å².